The third-order valence-corrected chi connectivity index (χ3v) is 9.34. The van der Waals surface area contributed by atoms with Gasteiger partial charge in [-0.1, -0.05) is 49.6 Å². The minimum atomic E-state index is -0.690. The number of rotatable bonds is 14. The second-order valence-electron chi connectivity index (χ2n) is 11.8. The van der Waals surface area contributed by atoms with Gasteiger partial charge in [0.15, 0.2) is 0 Å². The van der Waals surface area contributed by atoms with Crippen molar-refractivity contribution in [3.05, 3.63) is 59.2 Å². The molecule has 1 N–H and O–H groups in total. The van der Waals surface area contributed by atoms with Gasteiger partial charge in [0.1, 0.15) is 6.04 Å². The number of thioether (sulfide) groups is 1. The van der Waals surface area contributed by atoms with Crippen LogP contribution in [0.1, 0.15) is 66.4 Å². The summed E-state index contributed by atoms with van der Waals surface area (Å²) in [6, 6.07) is 13.8. The van der Waals surface area contributed by atoms with Crippen LogP contribution in [0.2, 0.25) is 0 Å². The molecule has 3 unspecified atom stereocenters. The van der Waals surface area contributed by atoms with E-state index in [0.29, 0.717) is 24.5 Å². The number of aryl methyl sites for hydroxylation is 1. The van der Waals surface area contributed by atoms with E-state index in [4.69, 9.17) is 14.2 Å². The summed E-state index contributed by atoms with van der Waals surface area (Å²) in [7, 11) is 3.12. The quantitative estimate of drug-likeness (QED) is 0.273. The van der Waals surface area contributed by atoms with Gasteiger partial charge in [0.25, 0.3) is 5.91 Å². The van der Waals surface area contributed by atoms with E-state index in [0.717, 1.165) is 54.1 Å². The maximum atomic E-state index is 13.6. The maximum absolute atomic E-state index is 13.6. The number of esters is 1. The maximum Gasteiger partial charge on any atom is 0.328 e. The summed E-state index contributed by atoms with van der Waals surface area (Å²) in [4.78, 5) is 28.5. The Hall–Kier alpha value is -2.39. The molecular weight excluding hydrogens is 548 g/mol. The Kier molecular flexibility index (Phi) is 12.7. The average molecular weight is 597 g/mol. The average Bonchev–Trinajstić information content (AvgIpc) is 3.39. The summed E-state index contributed by atoms with van der Waals surface area (Å²) in [6.07, 6.45) is 10.3. The van der Waals surface area contributed by atoms with Crippen LogP contribution in [-0.4, -0.2) is 81.0 Å². The molecule has 42 heavy (non-hydrogen) atoms. The fourth-order valence-corrected chi connectivity index (χ4v) is 6.80. The number of hydrogen-bond acceptors (Lipinski definition) is 7. The Morgan fingerprint density at radius 3 is 2.55 bits per heavy atom. The highest BCUT2D eigenvalue weighted by Crippen LogP contribution is 2.31. The molecule has 4 rings (SSSR count). The second kappa shape index (κ2) is 16.5. The topological polar surface area (TPSA) is 77.1 Å². The van der Waals surface area contributed by atoms with Crippen LogP contribution in [0, 0.1) is 12.8 Å². The van der Waals surface area contributed by atoms with E-state index < -0.39 is 12.0 Å². The van der Waals surface area contributed by atoms with E-state index in [-0.39, 0.29) is 18.1 Å². The van der Waals surface area contributed by atoms with Crippen LogP contribution < -0.4 is 5.32 Å². The normalized spacial score (nSPS) is 20.4. The molecule has 7 nitrogen and oxygen atoms in total. The Morgan fingerprint density at radius 1 is 1.05 bits per heavy atom. The molecule has 8 heteroatoms. The summed E-state index contributed by atoms with van der Waals surface area (Å²) in [5.74, 6) is 0.743. The summed E-state index contributed by atoms with van der Waals surface area (Å²) >= 11 is 1.63. The van der Waals surface area contributed by atoms with Crippen LogP contribution >= 0.6 is 11.8 Å². The van der Waals surface area contributed by atoms with Crippen molar-refractivity contribution < 1.29 is 23.8 Å². The number of carbonyl (C=O) groups excluding carboxylic acids is 2. The number of likely N-dealkylation sites (tertiary alicyclic amines) is 1. The zero-order valence-corrected chi connectivity index (χ0v) is 26.5. The molecule has 0 radical (unpaired) electrons. The molecule has 3 atom stereocenters. The lowest BCUT2D eigenvalue weighted by atomic mass is 9.90. The predicted octanol–water partition coefficient (Wildman–Crippen LogP) is 5.87. The third-order valence-electron chi connectivity index (χ3n) is 8.69. The van der Waals surface area contributed by atoms with Gasteiger partial charge >= 0.3 is 5.97 Å². The van der Waals surface area contributed by atoms with Gasteiger partial charge in [0.05, 0.1) is 19.8 Å². The zero-order valence-electron chi connectivity index (χ0n) is 25.7. The molecule has 0 bridgehead atoms. The first-order valence-corrected chi connectivity index (χ1v) is 16.7. The number of carbonyl (C=O) groups is 2. The number of methoxy groups -OCH3 is 2. The molecule has 230 valence electrons. The molecule has 1 saturated carbocycles. The summed E-state index contributed by atoms with van der Waals surface area (Å²) < 4.78 is 17.0. The fraction of sp³-hybridized carbons (Fsp3) is 0.588. The SMILES string of the molecule is COCC1CC(OCC2CCCCC2)CN1Cc1ccc(C(=O)NC(CCSC)C(=O)OC)c(-c2ccccc2C)c1. The van der Waals surface area contributed by atoms with Crippen molar-refractivity contribution in [3.63, 3.8) is 0 Å². The van der Waals surface area contributed by atoms with E-state index >= 15 is 0 Å². The van der Waals surface area contributed by atoms with E-state index in [1.807, 2.05) is 30.5 Å². The summed E-state index contributed by atoms with van der Waals surface area (Å²) in [5, 5.41) is 2.94. The molecule has 2 fully saturated rings. The highest BCUT2D eigenvalue weighted by molar-refractivity contribution is 7.98. The van der Waals surface area contributed by atoms with Gasteiger partial charge in [-0.25, -0.2) is 4.79 Å². The lowest BCUT2D eigenvalue weighted by Crippen LogP contribution is -2.42. The van der Waals surface area contributed by atoms with Crippen molar-refractivity contribution in [1.82, 2.24) is 10.2 Å². The molecule has 2 aromatic rings. The van der Waals surface area contributed by atoms with E-state index in [9.17, 15) is 9.59 Å². The number of benzene rings is 2. The number of nitrogens with one attached hydrogen (secondary N) is 1. The van der Waals surface area contributed by atoms with Gasteiger partial charge in [-0.3, -0.25) is 9.69 Å². The highest BCUT2D eigenvalue weighted by atomic mass is 32.2. The molecule has 2 aliphatic rings. The lowest BCUT2D eigenvalue weighted by molar-refractivity contribution is -0.142. The second-order valence-corrected chi connectivity index (χ2v) is 12.7. The monoisotopic (exact) mass is 596 g/mol. The van der Waals surface area contributed by atoms with Crippen LogP contribution in [0.4, 0.5) is 0 Å². The smallest absolute Gasteiger partial charge is 0.328 e. The van der Waals surface area contributed by atoms with Gasteiger partial charge < -0.3 is 19.5 Å². The largest absolute Gasteiger partial charge is 0.467 e. The van der Waals surface area contributed by atoms with Crippen molar-refractivity contribution >= 4 is 23.6 Å². The number of amides is 1. The Bertz CT molecular complexity index is 1170. The molecule has 0 spiro atoms. The van der Waals surface area contributed by atoms with Crippen molar-refractivity contribution in [1.29, 1.82) is 0 Å². The number of ether oxygens (including phenoxy) is 3. The van der Waals surface area contributed by atoms with Gasteiger partial charge in [-0.05, 0) is 84.9 Å². The fourth-order valence-electron chi connectivity index (χ4n) is 6.33. The van der Waals surface area contributed by atoms with E-state index in [1.165, 1.54) is 39.2 Å². The summed E-state index contributed by atoms with van der Waals surface area (Å²) in [5.41, 5.74) is 4.64. The van der Waals surface area contributed by atoms with E-state index in [1.54, 1.807) is 18.9 Å². The van der Waals surface area contributed by atoms with Gasteiger partial charge in [0, 0.05) is 38.4 Å². The molecule has 1 heterocycles. The first-order valence-electron chi connectivity index (χ1n) is 15.3. The van der Waals surface area contributed by atoms with E-state index in [2.05, 4.69) is 35.3 Å². The highest BCUT2D eigenvalue weighted by Gasteiger charge is 2.33. The lowest BCUT2D eigenvalue weighted by Gasteiger charge is -2.25. The number of nitrogens with zero attached hydrogens (tertiary/aromatic N) is 1. The third kappa shape index (κ3) is 8.82. The predicted molar refractivity (Wildman–Crippen MR) is 170 cm³/mol. The van der Waals surface area contributed by atoms with Crippen molar-refractivity contribution in [2.45, 2.75) is 76.6 Å². The van der Waals surface area contributed by atoms with Gasteiger partial charge in [0.2, 0.25) is 0 Å². The molecule has 1 aliphatic carbocycles. The van der Waals surface area contributed by atoms with Crippen molar-refractivity contribution in [2.24, 2.45) is 5.92 Å². The van der Waals surface area contributed by atoms with Crippen LogP contribution in [0.5, 0.6) is 0 Å². The number of hydrogen-bond donors (Lipinski definition) is 1. The molecule has 2 aromatic carbocycles. The summed E-state index contributed by atoms with van der Waals surface area (Å²) in [6.45, 7) is 5.21. The van der Waals surface area contributed by atoms with Gasteiger partial charge in [-0.15, -0.1) is 0 Å². The van der Waals surface area contributed by atoms with Crippen LogP contribution in [-0.2, 0) is 25.5 Å². The van der Waals surface area contributed by atoms with Crippen molar-refractivity contribution in [3.8, 4) is 11.1 Å². The molecule has 1 aliphatic heterocycles. The minimum absolute atomic E-state index is 0.213. The molecule has 1 saturated heterocycles. The van der Waals surface area contributed by atoms with Crippen molar-refractivity contribution in [2.75, 3.05) is 46.0 Å². The Balaban J connectivity index is 1.54. The zero-order chi connectivity index (χ0) is 29.9. The molecule has 1 amide bonds. The van der Waals surface area contributed by atoms with Gasteiger partial charge in [-0.2, -0.15) is 11.8 Å². The first-order chi connectivity index (χ1) is 20.4. The molecule has 0 aromatic heterocycles. The van der Waals surface area contributed by atoms with Crippen LogP contribution in [0.15, 0.2) is 42.5 Å². The van der Waals surface area contributed by atoms with Crippen LogP contribution in [0.25, 0.3) is 11.1 Å². The minimum Gasteiger partial charge on any atom is -0.467 e. The Morgan fingerprint density at radius 2 is 1.83 bits per heavy atom. The molecular formula is C34H48N2O5S. The first kappa shape index (κ1) is 32.5. The Labute approximate surface area is 256 Å². The standard InChI is InChI=1S/C34H48N2O5S/c1-24-10-8-9-13-29(24)31-18-26(14-15-30(31)33(37)35-32(16-17-42-4)34(38)40-3)20-36-21-28(19-27(36)23-39-2)41-22-25-11-6-5-7-12-25/h8-10,13-15,18,25,27-28,32H,5-7,11-12,16-17,19-23H2,1-4H3,(H,35,37). The van der Waals surface area contributed by atoms with Crippen LogP contribution in [0.3, 0.4) is 0 Å².